The molecular weight excluding hydrogens is 330 g/mol. The smallest absolute Gasteiger partial charge is 0.252 e. The zero-order valence-corrected chi connectivity index (χ0v) is 13.7. The van der Waals surface area contributed by atoms with Crippen LogP contribution in [0.3, 0.4) is 0 Å². The number of rotatable bonds is 7. The normalized spacial score (nSPS) is 12.6. The molecule has 0 heterocycles. The molecule has 0 spiro atoms. The Balaban J connectivity index is 2.26. The van der Waals surface area contributed by atoms with E-state index in [1.807, 2.05) is 0 Å². The van der Waals surface area contributed by atoms with Crippen LogP contribution in [0, 0.1) is 0 Å². The number of benzene rings is 2. The third-order valence-corrected chi connectivity index (χ3v) is 5.11. The van der Waals surface area contributed by atoms with Crippen LogP contribution in [0.25, 0.3) is 0 Å². The second-order valence-electron chi connectivity index (χ2n) is 5.29. The Bertz CT molecular complexity index is 790. The van der Waals surface area contributed by atoms with E-state index < -0.39 is 28.5 Å². The number of aliphatic hydroxyl groups is 2. The molecule has 0 aliphatic heterocycles. The molecule has 128 valence electrons. The van der Waals surface area contributed by atoms with E-state index in [4.69, 9.17) is 5.11 Å². The number of sulfone groups is 1. The van der Waals surface area contributed by atoms with Gasteiger partial charge in [-0.05, 0) is 17.7 Å². The fraction of sp³-hybridized carbons (Fsp3) is 0.235. The van der Waals surface area contributed by atoms with Crippen molar-refractivity contribution in [3.63, 3.8) is 0 Å². The summed E-state index contributed by atoms with van der Waals surface area (Å²) in [6.45, 7) is -0.656. The quantitative estimate of drug-likeness (QED) is 0.684. The van der Waals surface area contributed by atoms with Gasteiger partial charge in [0.15, 0.2) is 9.84 Å². The van der Waals surface area contributed by atoms with E-state index in [1.165, 1.54) is 12.1 Å². The van der Waals surface area contributed by atoms with Crippen LogP contribution in [-0.4, -0.2) is 43.8 Å². The SMILES string of the molecule is O=C(NC[C@@H](O)CO)c1ccccc1S(=O)(=O)Cc1ccccc1. The highest BCUT2D eigenvalue weighted by atomic mass is 32.2. The van der Waals surface area contributed by atoms with Crippen LogP contribution in [0.2, 0.25) is 0 Å². The van der Waals surface area contributed by atoms with Crippen molar-refractivity contribution in [2.24, 2.45) is 0 Å². The van der Waals surface area contributed by atoms with E-state index in [-0.39, 0.29) is 22.8 Å². The second kappa shape index (κ2) is 8.05. The summed E-state index contributed by atoms with van der Waals surface area (Å²) in [6.07, 6.45) is -1.10. The lowest BCUT2D eigenvalue weighted by Crippen LogP contribution is -2.34. The average molecular weight is 349 g/mol. The summed E-state index contributed by atoms with van der Waals surface area (Å²) in [4.78, 5) is 12.2. The van der Waals surface area contributed by atoms with Gasteiger partial charge in [-0.1, -0.05) is 42.5 Å². The van der Waals surface area contributed by atoms with Gasteiger partial charge in [-0.25, -0.2) is 8.42 Å². The number of amides is 1. The first-order valence-corrected chi connectivity index (χ1v) is 9.02. The maximum absolute atomic E-state index is 12.7. The van der Waals surface area contributed by atoms with Crippen molar-refractivity contribution in [1.29, 1.82) is 0 Å². The van der Waals surface area contributed by atoms with Crippen molar-refractivity contribution in [1.82, 2.24) is 5.32 Å². The highest BCUT2D eigenvalue weighted by Crippen LogP contribution is 2.20. The van der Waals surface area contributed by atoms with Crippen LogP contribution in [0.1, 0.15) is 15.9 Å². The molecule has 2 rings (SSSR count). The Labute approximate surface area is 140 Å². The highest BCUT2D eigenvalue weighted by Gasteiger charge is 2.22. The van der Waals surface area contributed by atoms with Crippen LogP contribution in [0.4, 0.5) is 0 Å². The van der Waals surface area contributed by atoms with Crippen molar-refractivity contribution >= 4 is 15.7 Å². The van der Waals surface area contributed by atoms with Gasteiger partial charge in [0, 0.05) is 6.54 Å². The molecule has 1 amide bonds. The lowest BCUT2D eigenvalue weighted by Gasteiger charge is -2.12. The van der Waals surface area contributed by atoms with Gasteiger partial charge in [0.25, 0.3) is 5.91 Å². The van der Waals surface area contributed by atoms with Gasteiger partial charge < -0.3 is 15.5 Å². The number of nitrogens with one attached hydrogen (secondary N) is 1. The molecule has 0 bridgehead atoms. The van der Waals surface area contributed by atoms with Crippen LogP contribution in [0.5, 0.6) is 0 Å². The van der Waals surface area contributed by atoms with Gasteiger partial charge in [-0.3, -0.25) is 4.79 Å². The Morgan fingerprint density at radius 3 is 2.33 bits per heavy atom. The minimum Gasteiger partial charge on any atom is -0.394 e. The van der Waals surface area contributed by atoms with Crippen LogP contribution in [0.15, 0.2) is 59.5 Å². The molecule has 3 N–H and O–H groups in total. The molecule has 0 fully saturated rings. The topological polar surface area (TPSA) is 104 Å². The molecule has 24 heavy (non-hydrogen) atoms. The highest BCUT2D eigenvalue weighted by molar-refractivity contribution is 7.90. The Morgan fingerprint density at radius 2 is 1.67 bits per heavy atom. The summed E-state index contributed by atoms with van der Waals surface area (Å²) in [6, 6.07) is 14.6. The number of hydrogen-bond donors (Lipinski definition) is 3. The van der Waals surface area contributed by atoms with Gasteiger partial charge >= 0.3 is 0 Å². The molecule has 6 nitrogen and oxygen atoms in total. The molecule has 1 atom stereocenters. The van der Waals surface area contributed by atoms with E-state index in [0.29, 0.717) is 5.56 Å². The molecule has 0 saturated heterocycles. The van der Waals surface area contributed by atoms with Gasteiger partial charge in [-0.15, -0.1) is 0 Å². The summed E-state index contributed by atoms with van der Waals surface area (Å²) in [7, 11) is -3.71. The predicted octanol–water partition coefficient (Wildman–Crippen LogP) is 0.743. The lowest BCUT2D eigenvalue weighted by atomic mass is 10.2. The first kappa shape index (κ1) is 18.1. The van der Waals surface area contributed by atoms with Crippen molar-refractivity contribution < 1.29 is 23.4 Å². The van der Waals surface area contributed by atoms with Gasteiger partial charge in [-0.2, -0.15) is 0 Å². The number of carbonyl (C=O) groups is 1. The summed E-state index contributed by atoms with van der Waals surface area (Å²) >= 11 is 0. The summed E-state index contributed by atoms with van der Waals surface area (Å²) in [5.74, 6) is -0.827. The first-order chi connectivity index (χ1) is 11.4. The first-order valence-electron chi connectivity index (χ1n) is 7.37. The molecule has 7 heteroatoms. The van der Waals surface area contributed by atoms with Crippen molar-refractivity contribution in [2.75, 3.05) is 13.2 Å². The zero-order chi connectivity index (χ0) is 17.6. The van der Waals surface area contributed by atoms with Crippen LogP contribution >= 0.6 is 0 Å². The maximum atomic E-state index is 12.7. The Morgan fingerprint density at radius 1 is 1.04 bits per heavy atom. The second-order valence-corrected chi connectivity index (χ2v) is 7.25. The van der Waals surface area contributed by atoms with Gasteiger partial charge in [0.2, 0.25) is 0 Å². The van der Waals surface area contributed by atoms with Crippen molar-refractivity contribution in [2.45, 2.75) is 16.8 Å². The molecule has 2 aromatic carbocycles. The predicted molar refractivity (Wildman–Crippen MR) is 89.2 cm³/mol. The molecule has 2 aromatic rings. The Kier molecular flexibility index (Phi) is 6.08. The van der Waals surface area contributed by atoms with Gasteiger partial charge in [0.05, 0.1) is 28.9 Å². The van der Waals surface area contributed by atoms with Crippen molar-refractivity contribution in [3.05, 3.63) is 65.7 Å². The third-order valence-electron chi connectivity index (χ3n) is 3.38. The summed E-state index contributed by atoms with van der Waals surface area (Å²) < 4.78 is 25.3. The molecular formula is C17H19NO5S. The molecule has 0 aliphatic carbocycles. The van der Waals surface area contributed by atoms with E-state index in [9.17, 15) is 18.3 Å². The number of carbonyl (C=O) groups excluding carboxylic acids is 1. The molecule has 0 radical (unpaired) electrons. The van der Waals surface area contributed by atoms with Crippen LogP contribution < -0.4 is 5.32 Å². The van der Waals surface area contributed by atoms with Crippen LogP contribution in [-0.2, 0) is 15.6 Å². The molecule has 0 aliphatic rings. The van der Waals surface area contributed by atoms with E-state index in [1.54, 1.807) is 42.5 Å². The number of hydrogen-bond acceptors (Lipinski definition) is 5. The minimum absolute atomic E-state index is 0.0126. The average Bonchev–Trinajstić information content (AvgIpc) is 2.59. The maximum Gasteiger partial charge on any atom is 0.252 e. The summed E-state index contributed by atoms with van der Waals surface area (Å²) in [5, 5.41) is 20.5. The van der Waals surface area contributed by atoms with Crippen molar-refractivity contribution in [3.8, 4) is 0 Å². The fourth-order valence-corrected chi connectivity index (χ4v) is 3.74. The molecule has 0 unspecified atom stereocenters. The third kappa shape index (κ3) is 4.64. The monoisotopic (exact) mass is 349 g/mol. The number of aliphatic hydroxyl groups excluding tert-OH is 2. The molecule has 0 aromatic heterocycles. The largest absolute Gasteiger partial charge is 0.394 e. The fourth-order valence-electron chi connectivity index (χ4n) is 2.17. The standard InChI is InChI=1S/C17H19NO5S/c19-11-14(20)10-18-17(21)15-8-4-5-9-16(15)24(22,23)12-13-6-2-1-3-7-13/h1-9,14,19-20H,10-12H2,(H,18,21)/t14-/m1/s1. The van der Waals surface area contributed by atoms with E-state index in [2.05, 4.69) is 5.32 Å². The zero-order valence-electron chi connectivity index (χ0n) is 12.9. The van der Waals surface area contributed by atoms with Gasteiger partial charge in [0.1, 0.15) is 0 Å². The lowest BCUT2D eigenvalue weighted by molar-refractivity contribution is 0.0800. The van der Waals surface area contributed by atoms with E-state index in [0.717, 1.165) is 0 Å². The summed E-state index contributed by atoms with van der Waals surface area (Å²) in [5.41, 5.74) is 0.641. The molecule has 0 saturated carbocycles. The Hall–Kier alpha value is -2.22. The van der Waals surface area contributed by atoms with E-state index >= 15 is 0 Å². The minimum atomic E-state index is -3.71.